The zero-order valence-electron chi connectivity index (χ0n) is 16.6. The van der Waals surface area contributed by atoms with Gasteiger partial charge in [0.1, 0.15) is 5.76 Å². The molecule has 0 spiro atoms. The first-order valence-electron chi connectivity index (χ1n) is 10.7. The summed E-state index contributed by atoms with van der Waals surface area (Å²) in [5, 5.41) is 4.14. The Morgan fingerprint density at radius 3 is 2.71 bits per heavy atom. The van der Waals surface area contributed by atoms with Crippen LogP contribution in [0.3, 0.4) is 0 Å². The molecule has 148 valence electrons. The van der Waals surface area contributed by atoms with Crippen LogP contribution in [0.4, 0.5) is 0 Å². The highest BCUT2D eigenvalue weighted by molar-refractivity contribution is 5.93. The number of rotatable bonds is 3. The van der Waals surface area contributed by atoms with Crippen molar-refractivity contribution < 1.29 is 9.32 Å². The van der Waals surface area contributed by atoms with Crippen LogP contribution in [0, 0.1) is 0 Å². The van der Waals surface area contributed by atoms with Gasteiger partial charge in [0.15, 0.2) is 5.69 Å². The molecule has 5 nitrogen and oxygen atoms in total. The molecule has 1 aromatic carbocycles. The van der Waals surface area contributed by atoms with Gasteiger partial charge in [-0.15, -0.1) is 0 Å². The van der Waals surface area contributed by atoms with Crippen LogP contribution < -0.4 is 0 Å². The zero-order chi connectivity index (χ0) is 19.1. The summed E-state index contributed by atoms with van der Waals surface area (Å²) in [6, 6.07) is 13.2. The smallest absolute Gasteiger partial charge is 0.276 e. The molecule has 1 aliphatic carbocycles. The van der Waals surface area contributed by atoms with Crippen molar-refractivity contribution in [2.24, 2.45) is 0 Å². The monoisotopic (exact) mass is 379 g/mol. The number of amides is 1. The maximum absolute atomic E-state index is 13.4. The SMILES string of the molecule is CN1CCCCC[C@@H]2[C@@H]1[C@H](c1ccccc1)CN2C(=O)c1cc(C2CC2)on1. The molecule has 0 bridgehead atoms. The van der Waals surface area contributed by atoms with Gasteiger partial charge in [0.05, 0.1) is 0 Å². The van der Waals surface area contributed by atoms with Crippen molar-refractivity contribution in [3.8, 4) is 0 Å². The molecule has 0 unspecified atom stereocenters. The van der Waals surface area contributed by atoms with Crippen LogP contribution >= 0.6 is 0 Å². The third-order valence-corrected chi connectivity index (χ3v) is 6.84. The Kier molecular flexibility index (Phi) is 4.71. The fourth-order valence-electron chi connectivity index (χ4n) is 5.21. The quantitative estimate of drug-likeness (QED) is 0.808. The van der Waals surface area contributed by atoms with E-state index in [0.29, 0.717) is 23.6 Å². The summed E-state index contributed by atoms with van der Waals surface area (Å²) in [6.45, 7) is 1.86. The highest BCUT2D eigenvalue weighted by Gasteiger charge is 2.47. The molecule has 1 saturated carbocycles. The van der Waals surface area contributed by atoms with E-state index in [4.69, 9.17) is 4.52 Å². The normalized spacial score (nSPS) is 28.6. The number of carbonyl (C=O) groups is 1. The van der Waals surface area contributed by atoms with Gasteiger partial charge in [0.25, 0.3) is 5.91 Å². The van der Waals surface area contributed by atoms with Gasteiger partial charge in [0, 0.05) is 36.5 Å². The Balaban J connectivity index is 1.46. The van der Waals surface area contributed by atoms with Crippen LogP contribution in [0.1, 0.15) is 72.2 Å². The third-order valence-electron chi connectivity index (χ3n) is 6.84. The second-order valence-corrected chi connectivity index (χ2v) is 8.75. The first-order valence-corrected chi connectivity index (χ1v) is 10.7. The number of aromatic nitrogens is 1. The molecule has 2 aromatic rings. The zero-order valence-corrected chi connectivity index (χ0v) is 16.6. The second kappa shape index (κ2) is 7.36. The molecule has 3 atom stereocenters. The largest absolute Gasteiger partial charge is 0.360 e. The van der Waals surface area contributed by atoms with Crippen molar-refractivity contribution in [2.45, 2.75) is 62.4 Å². The van der Waals surface area contributed by atoms with Crippen molar-refractivity contribution in [1.82, 2.24) is 15.0 Å². The van der Waals surface area contributed by atoms with Gasteiger partial charge >= 0.3 is 0 Å². The fraction of sp³-hybridized carbons (Fsp3) is 0.565. The predicted molar refractivity (Wildman–Crippen MR) is 107 cm³/mol. The average molecular weight is 380 g/mol. The lowest BCUT2D eigenvalue weighted by Crippen LogP contribution is -2.47. The van der Waals surface area contributed by atoms with E-state index >= 15 is 0 Å². The number of benzene rings is 1. The molecule has 5 heteroatoms. The summed E-state index contributed by atoms with van der Waals surface area (Å²) in [5.41, 5.74) is 1.82. The third kappa shape index (κ3) is 3.26. The maximum atomic E-state index is 13.4. The molecule has 2 saturated heterocycles. The van der Waals surface area contributed by atoms with Crippen LogP contribution in [0.15, 0.2) is 40.9 Å². The highest BCUT2D eigenvalue weighted by Crippen LogP contribution is 2.41. The summed E-state index contributed by atoms with van der Waals surface area (Å²) in [5.74, 6) is 1.74. The topological polar surface area (TPSA) is 49.6 Å². The van der Waals surface area contributed by atoms with Crippen molar-refractivity contribution >= 4 is 5.91 Å². The first kappa shape index (κ1) is 17.9. The van der Waals surface area contributed by atoms with Crippen molar-refractivity contribution in [2.75, 3.05) is 20.1 Å². The standard InChI is InChI=1S/C23H29N3O2/c1-25-13-7-3-6-10-20-22(25)18(16-8-4-2-5-9-16)15-26(20)23(27)19-14-21(28-24-19)17-11-12-17/h2,4-5,8-9,14,17-18,20,22H,3,6-7,10-13,15H2,1H3/t18-,20+,22-/m0/s1. The van der Waals surface area contributed by atoms with E-state index < -0.39 is 0 Å². The number of fused-ring (bicyclic) bond motifs is 1. The molecule has 1 aromatic heterocycles. The highest BCUT2D eigenvalue weighted by atomic mass is 16.5. The van der Waals surface area contributed by atoms with Gasteiger partial charge in [-0.05, 0) is 44.8 Å². The van der Waals surface area contributed by atoms with Crippen LogP contribution in [0.25, 0.3) is 0 Å². The Morgan fingerprint density at radius 2 is 1.93 bits per heavy atom. The molecule has 2 aliphatic heterocycles. The number of carbonyl (C=O) groups excluding carboxylic acids is 1. The van der Waals surface area contributed by atoms with E-state index in [1.165, 1.54) is 24.8 Å². The van der Waals surface area contributed by atoms with Gasteiger partial charge in [-0.3, -0.25) is 4.79 Å². The number of likely N-dealkylation sites (N-methyl/N-ethyl adjacent to an activating group) is 1. The number of hydrogen-bond acceptors (Lipinski definition) is 4. The van der Waals surface area contributed by atoms with E-state index in [9.17, 15) is 4.79 Å². The Bertz CT molecular complexity index is 829. The maximum Gasteiger partial charge on any atom is 0.276 e. The van der Waals surface area contributed by atoms with E-state index in [-0.39, 0.29) is 11.9 Å². The molecule has 3 fully saturated rings. The molecule has 28 heavy (non-hydrogen) atoms. The van der Waals surface area contributed by atoms with Crippen molar-refractivity contribution in [3.63, 3.8) is 0 Å². The Labute approximate surface area is 166 Å². The summed E-state index contributed by atoms with van der Waals surface area (Å²) >= 11 is 0. The van der Waals surface area contributed by atoms with Crippen LogP contribution in [-0.4, -0.2) is 53.1 Å². The summed E-state index contributed by atoms with van der Waals surface area (Å²) in [7, 11) is 2.23. The van der Waals surface area contributed by atoms with Crippen LogP contribution in [0.2, 0.25) is 0 Å². The minimum absolute atomic E-state index is 0.0399. The van der Waals surface area contributed by atoms with E-state index in [1.807, 2.05) is 6.07 Å². The molecule has 0 radical (unpaired) electrons. The molecule has 5 rings (SSSR count). The van der Waals surface area contributed by atoms with Gasteiger partial charge in [-0.1, -0.05) is 48.3 Å². The predicted octanol–water partition coefficient (Wildman–Crippen LogP) is 4.03. The van der Waals surface area contributed by atoms with E-state index in [1.54, 1.807) is 0 Å². The van der Waals surface area contributed by atoms with Gasteiger partial charge < -0.3 is 14.3 Å². The van der Waals surface area contributed by atoms with E-state index in [0.717, 1.165) is 38.1 Å². The molecule has 0 N–H and O–H groups in total. The number of nitrogens with zero attached hydrogens (tertiary/aromatic N) is 3. The van der Waals surface area contributed by atoms with Crippen molar-refractivity contribution in [1.29, 1.82) is 0 Å². The number of hydrogen-bond donors (Lipinski definition) is 0. The molecule has 1 amide bonds. The fourth-order valence-corrected chi connectivity index (χ4v) is 5.21. The minimum Gasteiger partial charge on any atom is -0.360 e. The average Bonchev–Trinajstić information content (AvgIpc) is 3.32. The molecule has 3 aliphatic rings. The molecule has 3 heterocycles. The number of likely N-dealkylation sites (tertiary alicyclic amines) is 2. The minimum atomic E-state index is 0.0399. The van der Waals surface area contributed by atoms with Gasteiger partial charge in [0.2, 0.25) is 0 Å². The molecular formula is C23H29N3O2. The van der Waals surface area contributed by atoms with E-state index in [2.05, 4.69) is 52.3 Å². The van der Waals surface area contributed by atoms with Crippen molar-refractivity contribution in [3.05, 3.63) is 53.4 Å². The van der Waals surface area contributed by atoms with Gasteiger partial charge in [-0.2, -0.15) is 0 Å². The summed E-state index contributed by atoms with van der Waals surface area (Å²) < 4.78 is 5.47. The summed E-state index contributed by atoms with van der Waals surface area (Å²) in [4.78, 5) is 18.0. The lowest BCUT2D eigenvalue weighted by molar-refractivity contribution is 0.0659. The summed E-state index contributed by atoms with van der Waals surface area (Å²) in [6.07, 6.45) is 7.03. The molecular weight excluding hydrogens is 350 g/mol. The lowest BCUT2D eigenvalue weighted by Gasteiger charge is -2.36. The van der Waals surface area contributed by atoms with Crippen LogP contribution in [-0.2, 0) is 0 Å². The Morgan fingerprint density at radius 1 is 1.11 bits per heavy atom. The first-order chi connectivity index (χ1) is 13.7. The Hall–Kier alpha value is -2.14. The van der Waals surface area contributed by atoms with Crippen LogP contribution in [0.5, 0.6) is 0 Å². The lowest BCUT2D eigenvalue weighted by atomic mass is 9.87. The second-order valence-electron chi connectivity index (χ2n) is 8.75. The van der Waals surface area contributed by atoms with Gasteiger partial charge in [-0.25, -0.2) is 0 Å².